The maximum Gasteiger partial charge on any atom is 0.127 e. The fourth-order valence-corrected chi connectivity index (χ4v) is 1.31. The molecule has 0 aromatic carbocycles. The summed E-state index contributed by atoms with van der Waals surface area (Å²) in [5.41, 5.74) is 0. The third-order valence-corrected chi connectivity index (χ3v) is 2.32. The van der Waals surface area contributed by atoms with Crippen LogP contribution in [0.1, 0.15) is 20.3 Å². The van der Waals surface area contributed by atoms with Gasteiger partial charge in [0.15, 0.2) is 0 Å². The molecule has 66 valence electrons. The molecule has 0 amide bonds. The van der Waals surface area contributed by atoms with Crippen LogP contribution in [0, 0.1) is 3.70 Å². The summed E-state index contributed by atoms with van der Waals surface area (Å²) >= 11 is 2.21. The van der Waals surface area contributed by atoms with E-state index >= 15 is 0 Å². The second kappa shape index (κ2) is 4.64. The fraction of sp³-hybridized carbons (Fsp3) is 0.444. The molecular weight excluding hydrogens is 263 g/mol. The van der Waals surface area contributed by atoms with Crippen LogP contribution in [0.4, 0.5) is 5.82 Å². The van der Waals surface area contributed by atoms with Crippen LogP contribution in [0.5, 0.6) is 0 Å². The van der Waals surface area contributed by atoms with Gasteiger partial charge in [-0.1, -0.05) is 13.0 Å². The summed E-state index contributed by atoms with van der Waals surface area (Å²) in [5.74, 6) is 0.969. The number of nitrogens with zero attached hydrogens (tertiary/aromatic N) is 1. The van der Waals surface area contributed by atoms with Gasteiger partial charge in [-0.25, -0.2) is 4.98 Å². The average Bonchev–Trinajstić information content (AvgIpc) is 2.04. The second-order valence-electron chi connectivity index (χ2n) is 2.80. The molecule has 0 saturated heterocycles. The molecule has 0 aliphatic carbocycles. The molecule has 1 unspecified atom stereocenters. The Kier molecular flexibility index (Phi) is 3.78. The van der Waals surface area contributed by atoms with Gasteiger partial charge in [-0.15, -0.1) is 0 Å². The highest BCUT2D eigenvalue weighted by atomic mass is 127. The van der Waals surface area contributed by atoms with E-state index in [2.05, 4.69) is 46.7 Å². The molecule has 2 nitrogen and oxygen atoms in total. The van der Waals surface area contributed by atoms with Gasteiger partial charge in [-0.05, 0) is 48.1 Å². The third kappa shape index (κ3) is 2.97. The lowest BCUT2D eigenvalue weighted by Gasteiger charge is -2.11. The lowest BCUT2D eigenvalue weighted by molar-refractivity contribution is 0.759. The van der Waals surface area contributed by atoms with Gasteiger partial charge in [-0.2, -0.15) is 0 Å². The van der Waals surface area contributed by atoms with Crippen molar-refractivity contribution in [1.29, 1.82) is 0 Å². The number of pyridine rings is 1. The topological polar surface area (TPSA) is 24.9 Å². The summed E-state index contributed by atoms with van der Waals surface area (Å²) in [5, 5.41) is 3.32. The molecule has 0 radical (unpaired) electrons. The van der Waals surface area contributed by atoms with E-state index in [1.165, 1.54) is 0 Å². The van der Waals surface area contributed by atoms with Gasteiger partial charge in [0.25, 0.3) is 0 Å². The van der Waals surface area contributed by atoms with Crippen molar-refractivity contribution < 1.29 is 0 Å². The first-order valence-corrected chi connectivity index (χ1v) is 5.19. The summed E-state index contributed by atoms with van der Waals surface area (Å²) < 4.78 is 1.03. The smallest absolute Gasteiger partial charge is 0.127 e. The standard InChI is InChI=1S/C9H13IN2/c1-3-7(2)11-9-6-4-5-8(10)12-9/h4-7H,3H2,1-2H3,(H,11,12). The molecule has 0 spiro atoms. The zero-order valence-corrected chi connectivity index (χ0v) is 9.50. The molecule has 12 heavy (non-hydrogen) atoms. The second-order valence-corrected chi connectivity index (χ2v) is 3.90. The Morgan fingerprint density at radius 3 is 2.92 bits per heavy atom. The van der Waals surface area contributed by atoms with E-state index in [1.807, 2.05) is 18.2 Å². The minimum atomic E-state index is 0.496. The van der Waals surface area contributed by atoms with Crippen LogP contribution >= 0.6 is 22.6 Å². The van der Waals surface area contributed by atoms with Crippen LogP contribution < -0.4 is 5.32 Å². The van der Waals surface area contributed by atoms with E-state index in [9.17, 15) is 0 Å². The molecule has 1 N–H and O–H groups in total. The Morgan fingerprint density at radius 1 is 1.58 bits per heavy atom. The monoisotopic (exact) mass is 276 g/mol. The summed E-state index contributed by atoms with van der Waals surface area (Å²) in [6.07, 6.45) is 1.12. The van der Waals surface area contributed by atoms with E-state index in [0.717, 1.165) is 15.9 Å². The van der Waals surface area contributed by atoms with Crippen LogP contribution in [-0.2, 0) is 0 Å². The van der Waals surface area contributed by atoms with Crippen molar-refractivity contribution in [3.05, 3.63) is 21.9 Å². The van der Waals surface area contributed by atoms with Crippen LogP contribution in [0.3, 0.4) is 0 Å². The van der Waals surface area contributed by atoms with Crippen LogP contribution in [0.2, 0.25) is 0 Å². The average molecular weight is 276 g/mol. The first-order chi connectivity index (χ1) is 5.72. The zero-order valence-electron chi connectivity index (χ0n) is 7.34. The van der Waals surface area contributed by atoms with Gasteiger partial charge in [0.1, 0.15) is 9.52 Å². The molecule has 1 aromatic rings. The number of hydrogen-bond donors (Lipinski definition) is 1. The Labute approximate surface area is 86.9 Å². The summed E-state index contributed by atoms with van der Waals surface area (Å²) in [4.78, 5) is 4.34. The van der Waals surface area contributed by atoms with Crippen molar-refractivity contribution in [3.8, 4) is 0 Å². The Bertz CT molecular complexity index is 250. The van der Waals surface area contributed by atoms with Crippen molar-refractivity contribution in [3.63, 3.8) is 0 Å². The van der Waals surface area contributed by atoms with Crippen molar-refractivity contribution in [2.45, 2.75) is 26.3 Å². The molecule has 0 saturated carbocycles. The Morgan fingerprint density at radius 2 is 2.33 bits per heavy atom. The van der Waals surface area contributed by atoms with Crippen molar-refractivity contribution >= 4 is 28.4 Å². The number of rotatable bonds is 3. The summed E-state index contributed by atoms with van der Waals surface area (Å²) in [6, 6.07) is 6.49. The highest BCUT2D eigenvalue weighted by Gasteiger charge is 1.98. The first-order valence-electron chi connectivity index (χ1n) is 4.11. The SMILES string of the molecule is CCC(C)Nc1cccc(I)n1. The highest BCUT2D eigenvalue weighted by Crippen LogP contribution is 2.08. The fourth-order valence-electron chi connectivity index (χ4n) is 0.843. The number of anilines is 1. The lowest BCUT2D eigenvalue weighted by atomic mass is 10.2. The maximum absolute atomic E-state index is 4.34. The normalized spacial score (nSPS) is 12.6. The molecule has 0 bridgehead atoms. The van der Waals surface area contributed by atoms with Gasteiger partial charge in [0.2, 0.25) is 0 Å². The molecule has 1 heterocycles. The van der Waals surface area contributed by atoms with Gasteiger partial charge in [-0.3, -0.25) is 0 Å². The van der Waals surface area contributed by atoms with Crippen molar-refractivity contribution in [2.24, 2.45) is 0 Å². The zero-order chi connectivity index (χ0) is 8.97. The van der Waals surface area contributed by atoms with E-state index in [1.54, 1.807) is 0 Å². The number of aromatic nitrogens is 1. The first kappa shape index (κ1) is 9.77. The number of nitrogens with one attached hydrogen (secondary N) is 1. The van der Waals surface area contributed by atoms with E-state index < -0.39 is 0 Å². The molecule has 1 rings (SSSR count). The molecule has 1 aromatic heterocycles. The number of hydrogen-bond acceptors (Lipinski definition) is 2. The largest absolute Gasteiger partial charge is 0.368 e. The molecular formula is C9H13IN2. The molecule has 1 atom stereocenters. The molecule has 3 heteroatoms. The summed E-state index contributed by atoms with van der Waals surface area (Å²) in [6.45, 7) is 4.31. The van der Waals surface area contributed by atoms with Crippen molar-refractivity contribution in [1.82, 2.24) is 4.98 Å². The molecule has 0 aliphatic rings. The van der Waals surface area contributed by atoms with E-state index in [-0.39, 0.29) is 0 Å². The van der Waals surface area contributed by atoms with E-state index in [4.69, 9.17) is 0 Å². The molecule has 0 fully saturated rings. The van der Waals surface area contributed by atoms with Crippen LogP contribution in [0.15, 0.2) is 18.2 Å². The number of halogens is 1. The predicted octanol–water partition coefficient (Wildman–Crippen LogP) is 2.90. The third-order valence-electron chi connectivity index (χ3n) is 1.72. The predicted molar refractivity (Wildman–Crippen MR) is 60.3 cm³/mol. The quantitative estimate of drug-likeness (QED) is 0.678. The van der Waals surface area contributed by atoms with Gasteiger partial charge < -0.3 is 5.32 Å². The van der Waals surface area contributed by atoms with E-state index in [0.29, 0.717) is 6.04 Å². The summed E-state index contributed by atoms with van der Waals surface area (Å²) in [7, 11) is 0. The van der Waals surface area contributed by atoms with Crippen LogP contribution in [0.25, 0.3) is 0 Å². The molecule has 0 aliphatic heterocycles. The van der Waals surface area contributed by atoms with Crippen LogP contribution in [-0.4, -0.2) is 11.0 Å². The van der Waals surface area contributed by atoms with Gasteiger partial charge in [0.05, 0.1) is 0 Å². The van der Waals surface area contributed by atoms with Gasteiger partial charge in [0, 0.05) is 6.04 Å². The highest BCUT2D eigenvalue weighted by molar-refractivity contribution is 14.1. The Hall–Kier alpha value is -0.320. The maximum atomic E-state index is 4.34. The van der Waals surface area contributed by atoms with Crippen molar-refractivity contribution in [2.75, 3.05) is 5.32 Å². The minimum absolute atomic E-state index is 0.496. The lowest BCUT2D eigenvalue weighted by Crippen LogP contribution is -2.14. The van der Waals surface area contributed by atoms with Gasteiger partial charge >= 0.3 is 0 Å². The Balaban J connectivity index is 2.63. The minimum Gasteiger partial charge on any atom is -0.368 e.